The van der Waals surface area contributed by atoms with Gasteiger partial charge in [-0.05, 0) is 24.1 Å². The lowest BCUT2D eigenvalue weighted by Crippen LogP contribution is -2.43. The van der Waals surface area contributed by atoms with Gasteiger partial charge in [-0.3, -0.25) is 9.59 Å². The molecule has 2 amide bonds. The largest absolute Gasteiger partial charge is 0.484 e. The summed E-state index contributed by atoms with van der Waals surface area (Å²) in [6.07, 6.45) is -4.01. The van der Waals surface area contributed by atoms with E-state index in [0.717, 1.165) is 5.01 Å². The minimum Gasteiger partial charge on any atom is -0.484 e. The normalized spacial score (nSPS) is 21.3. The van der Waals surface area contributed by atoms with Gasteiger partial charge in [-0.1, -0.05) is 12.1 Å². The third kappa shape index (κ3) is 5.94. The highest BCUT2D eigenvalue weighted by Gasteiger charge is 2.37. The fraction of sp³-hybridized carbons (Fsp3) is 0.500. The van der Waals surface area contributed by atoms with Crippen LogP contribution in [0, 0.1) is 0 Å². The zero-order valence-electron chi connectivity index (χ0n) is 15.8. The predicted molar refractivity (Wildman–Crippen MR) is 100 cm³/mol. The maximum Gasteiger partial charge on any atom is 0.422 e. The second-order valence-electron chi connectivity index (χ2n) is 7.08. The SMILES string of the molecule is O=C(NCc1cccc(OCC(F)(F)F)c1)C1=NN([C@@H]2CCS(=O)(=O)C2)C(=O)CC1. The van der Waals surface area contributed by atoms with Gasteiger partial charge < -0.3 is 10.1 Å². The highest BCUT2D eigenvalue weighted by Crippen LogP contribution is 2.22. The number of rotatable bonds is 6. The van der Waals surface area contributed by atoms with E-state index in [2.05, 4.69) is 15.2 Å². The summed E-state index contributed by atoms with van der Waals surface area (Å²) in [5, 5.41) is 7.77. The molecule has 1 fully saturated rings. The highest BCUT2D eigenvalue weighted by molar-refractivity contribution is 7.91. The van der Waals surface area contributed by atoms with Crippen molar-refractivity contribution in [1.82, 2.24) is 10.3 Å². The van der Waals surface area contributed by atoms with Crippen LogP contribution in [0.25, 0.3) is 0 Å². The Bertz CT molecular complexity index is 962. The molecule has 3 rings (SSSR count). The summed E-state index contributed by atoms with van der Waals surface area (Å²) in [5.41, 5.74) is 0.623. The van der Waals surface area contributed by atoms with Gasteiger partial charge in [-0.2, -0.15) is 18.3 Å². The third-order valence-electron chi connectivity index (χ3n) is 4.63. The van der Waals surface area contributed by atoms with Crippen LogP contribution < -0.4 is 10.1 Å². The summed E-state index contributed by atoms with van der Waals surface area (Å²) < 4.78 is 64.8. The van der Waals surface area contributed by atoms with Crippen LogP contribution in [0.3, 0.4) is 0 Å². The van der Waals surface area contributed by atoms with E-state index in [1.54, 1.807) is 6.07 Å². The Kier molecular flexibility index (Phi) is 6.34. The number of alkyl halides is 3. The molecule has 0 radical (unpaired) electrons. The maximum absolute atomic E-state index is 12.4. The van der Waals surface area contributed by atoms with Crippen molar-refractivity contribution in [3.05, 3.63) is 29.8 Å². The van der Waals surface area contributed by atoms with E-state index in [1.807, 2.05) is 0 Å². The molecule has 0 saturated carbocycles. The van der Waals surface area contributed by atoms with Gasteiger partial charge in [-0.25, -0.2) is 13.4 Å². The van der Waals surface area contributed by atoms with Crippen LogP contribution in [0.1, 0.15) is 24.8 Å². The standard InChI is InChI=1S/C18H20F3N3O5S/c19-18(20,21)11-29-14-3-1-2-12(8-14)9-22-17(26)15-4-5-16(25)24(23-15)13-6-7-30(27,28)10-13/h1-3,8,13H,4-7,9-11H2,(H,22,26)/t13-/m1/s1. The maximum atomic E-state index is 12.4. The van der Waals surface area contributed by atoms with Crippen molar-refractivity contribution >= 4 is 27.4 Å². The summed E-state index contributed by atoms with van der Waals surface area (Å²) in [6, 6.07) is 5.30. The zero-order chi connectivity index (χ0) is 21.9. The molecule has 1 saturated heterocycles. The van der Waals surface area contributed by atoms with Gasteiger partial charge in [-0.15, -0.1) is 0 Å². The van der Waals surface area contributed by atoms with Gasteiger partial charge in [0.05, 0.1) is 17.5 Å². The molecule has 30 heavy (non-hydrogen) atoms. The number of hydrogen-bond acceptors (Lipinski definition) is 6. The molecule has 1 aromatic carbocycles. The number of sulfone groups is 1. The van der Waals surface area contributed by atoms with Crippen molar-refractivity contribution in [2.75, 3.05) is 18.1 Å². The highest BCUT2D eigenvalue weighted by atomic mass is 32.2. The Morgan fingerprint density at radius 2 is 2.07 bits per heavy atom. The van der Waals surface area contributed by atoms with Crippen LogP contribution in [-0.4, -0.2) is 61.3 Å². The fourth-order valence-corrected chi connectivity index (χ4v) is 4.87. The Hall–Kier alpha value is -2.63. The minimum absolute atomic E-state index is 0.0207. The lowest BCUT2D eigenvalue weighted by atomic mass is 10.1. The fourth-order valence-electron chi connectivity index (χ4n) is 3.18. The molecule has 8 nitrogen and oxygen atoms in total. The molecule has 164 valence electrons. The average Bonchev–Trinajstić information content (AvgIpc) is 3.04. The lowest BCUT2D eigenvalue weighted by molar-refractivity contribution is -0.153. The molecule has 1 aromatic rings. The predicted octanol–water partition coefficient (Wildman–Crippen LogP) is 1.41. The van der Waals surface area contributed by atoms with E-state index in [9.17, 15) is 31.2 Å². The van der Waals surface area contributed by atoms with Crippen LogP contribution in [0.15, 0.2) is 29.4 Å². The van der Waals surface area contributed by atoms with Crippen molar-refractivity contribution < 1.29 is 35.9 Å². The Morgan fingerprint density at radius 3 is 2.73 bits per heavy atom. The molecule has 0 aromatic heterocycles. The summed E-state index contributed by atoms with van der Waals surface area (Å²) in [4.78, 5) is 24.5. The van der Waals surface area contributed by atoms with Gasteiger partial charge in [0, 0.05) is 19.4 Å². The first-order chi connectivity index (χ1) is 14.0. The quantitative estimate of drug-likeness (QED) is 0.710. The third-order valence-corrected chi connectivity index (χ3v) is 6.38. The molecule has 0 spiro atoms. The number of halogens is 3. The first-order valence-electron chi connectivity index (χ1n) is 9.19. The van der Waals surface area contributed by atoms with Crippen LogP contribution in [0.2, 0.25) is 0 Å². The average molecular weight is 447 g/mol. The second-order valence-corrected chi connectivity index (χ2v) is 9.30. The van der Waals surface area contributed by atoms with Gasteiger partial charge in [0.1, 0.15) is 11.5 Å². The van der Waals surface area contributed by atoms with Gasteiger partial charge in [0.15, 0.2) is 16.4 Å². The lowest BCUT2D eigenvalue weighted by Gasteiger charge is -2.27. The van der Waals surface area contributed by atoms with E-state index in [4.69, 9.17) is 0 Å². The number of ether oxygens (including phenoxy) is 1. The van der Waals surface area contributed by atoms with Crippen LogP contribution in [0.4, 0.5) is 13.2 Å². The van der Waals surface area contributed by atoms with Crippen molar-refractivity contribution in [2.45, 2.75) is 38.0 Å². The number of amides is 2. The van der Waals surface area contributed by atoms with Crippen molar-refractivity contribution in [3.8, 4) is 5.75 Å². The van der Waals surface area contributed by atoms with Crippen molar-refractivity contribution in [1.29, 1.82) is 0 Å². The number of hydrogen-bond donors (Lipinski definition) is 1. The first kappa shape index (κ1) is 22.1. The van der Waals surface area contributed by atoms with Crippen LogP contribution >= 0.6 is 0 Å². The van der Waals surface area contributed by atoms with Crippen molar-refractivity contribution in [2.24, 2.45) is 5.10 Å². The van der Waals surface area contributed by atoms with Gasteiger partial charge in [0.2, 0.25) is 5.91 Å². The van der Waals surface area contributed by atoms with Gasteiger partial charge >= 0.3 is 6.18 Å². The first-order valence-corrected chi connectivity index (χ1v) is 11.0. The summed E-state index contributed by atoms with van der Waals surface area (Å²) in [5.74, 6) is -1.04. The molecule has 0 bridgehead atoms. The number of carbonyl (C=O) groups excluding carboxylic acids is 2. The minimum atomic E-state index is -4.45. The van der Waals surface area contributed by atoms with Crippen LogP contribution in [-0.2, 0) is 26.0 Å². The van der Waals surface area contributed by atoms with E-state index in [-0.39, 0.29) is 54.7 Å². The van der Waals surface area contributed by atoms with Crippen molar-refractivity contribution in [3.63, 3.8) is 0 Å². The van der Waals surface area contributed by atoms with E-state index < -0.39 is 34.6 Å². The monoisotopic (exact) mass is 447 g/mol. The molecule has 1 atom stereocenters. The number of hydrazone groups is 1. The topological polar surface area (TPSA) is 105 Å². The molecule has 0 unspecified atom stereocenters. The van der Waals surface area contributed by atoms with E-state index in [0.29, 0.717) is 5.56 Å². The van der Waals surface area contributed by atoms with Crippen LogP contribution in [0.5, 0.6) is 5.75 Å². The van der Waals surface area contributed by atoms with E-state index >= 15 is 0 Å². The van der Waals surface area contributed by atoms with E-state index in [1.165, 1.54) is 18.2 Å². The molecule has 2 aliphatic rings. The second kappa shape index (κ2) is 8.62. The Balaban J connectivity index is 1.60. The Labute approximate surface area is 171 Å². The molecular formula is C18H20F3N3O5S. The molecule has 0 aliphatic carbocycles. The summed E-state index contributed by atoms with van der Waals surface area (Å²) in [7, 11) is -3.22. The smallest absolute Gasteiger partial charge is 0.422 e. The summed E-state index contributed by atoms with van der Waals surface area (Å²) >= 11 is 0. The molecule has 12 heteroatoms. The number of nitrogens with one attached hydrogen (secondary N) is 1. The van der Waals surface area contributed by atoms with Gasteiger partial charge in [0.25, 0.3) is 5.91 Å². The number of nitrogens with zero attached hydrogens (tertiary/aromatic N) is 2. The molecule has 2 aliphatic heterocycles. The number of carbonyl (C=O) groups is 2. The summed E-state index contributed by atoms with van der Waals surface area (Å²) in [6.45, 7) is -1.40. The zero-order valence-corrected chi connectivity index (χ0v) is 16.6. The number of benzene rings is 1. The molecule has 2 heterocycles. The molecule has 1 N–H and O–H groups in total. The Morgan fingerprint density at radius 1 is 1.30 bits per heavy atom. The molecular weight excluding hydrogens is 427 g/mol.